The summed E-state index contributed by atoms with van der Waals surface area (Å²) in [5.41, 5.74) is -1.83. The van der Waals surface area contributed by atoms with E-state index < -0.39 is 10.4 Å². The maximum atomic E-state index is 13.0. The Morgan fingerprint density at radius 3 is 2.69 bits per heavy atom. The van der Waals surface area contributed by atoms with Gasteiger partial charge in [-0.25, -0.2) is 0 Å². The van der Waals surface area contributed by atoms with Crippen LogP contribution in [0, 0.1) is 5.92 Å². The first kappa shape index (κ1) is 11.4. The maximum Gasteiger partial charge on any atom is 0.329 e. The molecule has 0 aromatic heterocycles. The Morgan fingerprint density at radius 1 is 1.62 bits per heavy atom. The van der Waals surface area contributed by atoms with Crippen molar-refractivity contribution in [2.45, 2.75) is 49.5 Å². The van der Waals surface area contributed by atoms with Crippen molar-refractivity contribution in [2.24, 2.45) is 5.92 Å². The normalized spacial score (nSPS) is 36.2. The van der Waals surface area contributed by atoms with Gasteiger partial charge in [0, 0.05) is 0 Å². The molecule has 0 heterocycles. The predicted octanol–water partition coefficient (Wildman–Crippen LogP) is 3.31. The molecular weight excluding hydrogens is 242 g/mol. The second-order valence-corrected chi connectivity index (χ2v) is 4.90. The fourth-order valence-electron chi connectivity index (χ4n) is 1.97. The Bertz CT molecular complexity index is 181. The minimum absolute atomic E-state index is 0.196. The molecular formula is C9H15BrF2O. The van der Waals surface area contributed by atoms with Crippen LogP contribution in [0.5, 0.6) is 0 Å². The molecule has 0 amide bonds. The van der Waals surface area contributed by atoms with Gasteiger partial charge in [0.1, 0.15) is 5.60 Å². The van der Waals surface area contributed by atoms with E-state index in [2.05, 4.69) is 15.9 Å². The van der Waals surface area contributed by atoms with Crippen molar-refractivity contribution in [2.75, 3.05) is 0 Å². The smallest absolute Gasteiger partial charge is 0.329 e. The van der Waals surface area contributed by atoms with E-state index in [1.807, 2.05) is 6.92 Å². The molecule has 1 fully saturated rings. The Hall–Kier alpha value is 0.300. The first-order valence-electron chi connectivity index (χ1n) is 4.68. The largest absolute Gasteiger partial charge is 0.383 e. The summed E-state index contributed by atoms with van der Waals surface area (Å²) in [4.78, 5) is -3.15. The average molecular weight is 257 g/mol. The highest BCUT2D eigenvalue weighted by Gasteiger charge is 2.52. The molecule has 4 heteroatoms. The van der Waals surface area contributed by atoms with Crippen LogP contribution < -0.4 is 0 Å². The molecule has 0 aromatic carbocycles. The summed E-state index contributed by atoms with van der Waals surface area (Å²) in [6.45, 7) is 1.97. The van der Waals surface area contributed by atoms with Gasteiger partial charge in [-0.3, -0.25) is 0 Å². The molecule has 2 atom stereocenters. The van der Waals surface area contributed by atoms with Gasteiger partial charge >= 0.3 is 4.83 Å². The van der Waals surface area contributed by atoms with Crippen LogP contribution in [-0.2, 0) is 0 Å². The number of halogens is 3. The van der Waals surface area contributed by atoms with Gasteiger partial charge in [-0.15, -0.1) is 0 Å². The summed E-state index contributed by atoms with van der Waals surface area (Å²) in [5, 5.41) is 9.71. The van der Waals surface area contributed by atoms with E-state index in [1.165, 1.54) is 0 Å². The number of aliphatic hydroxyl groups is 1. The maximum absolute atomic E-state index is 13.0. The van der Waals surface area contributed by atoms with Gasteiger partial charge in [0.25, 0.3) is 0 Å². The Balaban J connectivity index is 2.68. The van der Waals surface area contributed by atoms with Gasteiger partial charge in [-0.2, -0.15) is 8.78 Å². The molecule has 0 aromatic rings. The summed E-state index contributed by atoms with van der Waals surface area (Å²) in [7, 11) is 0. The molecule has 0 aliphatic heterocycles. The predicted molar refractivity (Wildman–Crippen MR) is 51.1 cm³/mol. The molecule has 0 bridgehead atoms. The van der Waals surface area contributed by atoms with Crippen molar-refractivity contribution < 1.29 is 13.9 Å². The minimum Gasteiger partial charge on any atom is -0.383 e. The molecule has 2 unspecified atom stereocenters. The van der Waals surface area contributed by atoms with Gasteiger partial charge in [-0.05, 0) is 34.7 Å². The minimum atomic E-state index is -3.15. The zero-order valence-corrected chi connectivity index (χ0v) is 9.28. The van der Waals surface area contributed by atoms with Crippen molar-refractivity contribution in [3.05, 3.63) is 0 Å². The van der Waals surface area contributed by atoms with Crippen molar-refractivity contribution in [1.82, 2.24) is 0 Å². The summed E-state index contributed by atoms with van der Waals surface area (Å²) < 4.78 is 25.9. The zero-order chi connectivity index (χ0) is 10.1. The molecule has 0 spiro atoms. The molecule has 13 heavy (non-hydrogen) atoms. The lowest BCUT2D eigenvalue weighted by atomic mass is 9.77. The third kappa shape index (κ3) is 2.40. The van der Waals surface area contributed by atoms with E-state index in [-0.39, 0.29) is 18.8 Å². The lowest BCUT2D eigenvalue weighted by Crippen LogP contribution is -2.47. The Kier molecular flexibility index (Phi) is 3.33. The highest BCUT2D eigenvalue weighted by atomic mass is 79.9. The summed E-state index contributed by atoms with van der Waals surface area (Å²) >= 11 is 2.27. The molecule has 1 nitrogen and oxygen atoms in total. The molecule has 1 aliphatic carbocycles. The molecule has 0 saturated heterocycles. The summed E-state index contributed by atoms with van der Waals surface area (Å²) in [5.74, 6) is 0.238. The van der Waals surface area contributed by atoms with Crippen LogP contribution >= 0.6 is 15.9 Å². The standard InChI is InChI=1S/C9H15BrF2O/c1-2-7-4-3-5-8(13,6-7)9(10,11)12/h7,13H,2-6H2,1H3. The van der Waals surface area contributed by atoms with Gasteiger partial charge in [0.15, 0.2) is 0 Å². The summed E-state index contributed by atoms with van der Waals surface area (Å²) in [6, 6.07) is 0. The van der Waals surface area contributed by atoms with E-state index in [0.717, 1.165) is 12.8 Å². The first-order chi connectivity index (χ1) is 5.89. The lowest BCUT2D eigenvalue weighted by molar-refractivity contribution is -0.144. The second kappa shape index (κ2) is 3.81. The van der Waals surface area contributed by atoms with Crippen LogP contribution in [0.4, 0.5) is 8.78 Å². The third-order valence-corrected chi connectivity index (χ3v) is 3.67. The van der Waals surface area contributed by atoms with Crippen molar-refractivity contribution in [1.29, 1.82) is 0 Å². The third-order valence-electron chi connectivity index (χ3n) is 2.93. The topological polar surface area (TPSA) is 20.2 Å². The molecule has 0 radical (unpaired) electrons. The molecule has 78 valence electrons. The number of alkyl halides is 3. The van der Waals surface area contributed by atoms with E-state index in [4.69, 9.17) is 0 Å². The summed E-state index contributed by atoms with van der Waals surface area (Å²) in [6.07, 6.45) is 2.92. The number of hydrogen-bond acceptors (Lipinski definition) is 1. The van der Waals surface area contributed by atoms with E-state index in [9.17, 15) is 13.9 Å². The van der Waals surface area contributed by atoms with E-state index >= 15 is 0 Å². The van der Waals surface area contributed by atoms with Crippen LogP contribution in [0.3, 0.4) is 0 Å². The second-order valence-electron chi connectivity index (χ2n) is 3.90. The average Bonchev–Trinajstić information content (AvgIpc) is 2.02. The Labute approximate surface area is 85.6 Å². The first-order valence-corrected chi connectivity index (χ1v) is 5.47. The van der Waals surface area contributed by atoms with E-state index in [0.29, 0.717) is 6.42 Å². The van der Waals surface area contributed by atoms with Crippen molar-refractivity contribution in [3.63, 3.8) is 0 Å². The molecule has 1 rings (SSSR count). The van der Waals surface area contributed by atoms with Gasteiger partial charge in [0.05, 0.1) is 0 Å². The van der Waals surface area contributed by atoms with Gasteiger partial charge in [-0.1, -0.05) is 26.2 Å². The number of rotatable bonds is 2. The van der Waals surface area contributed by atoms with E-state index in [1.54, 1.807) is 0 Å². The Morgan fingerprint density at radius 2 is 2.23 bits per heavy atom. The van der Waals surface area contributed by atoms with Crippen LogP contribution in [0.2, 0.25) is 0 Å². The highest BCUT2D eigenvalue weighted by Crippen LogP contribution is 2.46. The molecule has 1 saturated carbocycles. The monoisotopic (exact) mass is 256 g/mol. The SMILES string of the molecule is CCC1CCCC(O)(C(F)(F)Br)C1. The quantitative estimate of drug-likeness (QED) is 0.752. The van der Waals surface area contributed by atoms with Gasteiger partial charge in [0.2, 0.25) is 0 Å². The van der Waals surface area contributed by atoms with Gasteiger partial charge < -0.3 is 5.11 Å². The number of hydrogen-bond donors (Lipinski definition) is 1. The lowest BCUT2D eigenvalue weighted by Gasteiger charge is -2.39. The van der Waals surface area contributed by atoms with Crippen molar-refractivity contribution >= 4 is 15.9 Å². The van der Waals surface area contributed by atoms with Crippen LogP contribution in [-0.4, -0.2) is 15.5 Å². The fraction of sp³-hybridized carbons (Fsp3) is 1.00. The molecule has 1 N–H and O–H groups in total. The highest BCUT2D eigenvalue weighted by molar-refractivity contribution is 9.10. The fourth-order valence-corrected chi connectivity index (χ4v) is 2.33. The van der Waals surface area contributed by atoms with Crippen molar-refractivity contribution in [3.8, 4) is 0 Å². The molecule has 1 aliphatic rings. The van der Waals surface area contributed by atoms with Crippen LogP contribution in [0.1, 0.15) is 39.0 Å². The van der Waals surface area contributed by atoms with Crippen LogP contribution in [0.25, 0.3) is 0 Å². The van der Waals surface area contributed by atoms with Crippen LogP contribution in [0.15, 0.2) is 0 Å². The zero-order valence-electron chi connectivity index (χ0n) is 7.69.